The lowest BCUT2D eigenvalue weighted by Gasteiger charge is -2.01. The molecule has 2 rings (SSSR count). The number of carbonyl (C=O) groups excluding carboxylic acids is 1. The number of rotatable bonds is 2. The lowest BCUT2D eigenvalue weighted by atomic mass is 10.2. The van der Waals surface area contributed by atoms with Crippen LogP contribution in [-0.4, -0.2) is 20.7 Å². The van der Waals surface area contributed by atoms with Gasteiger partial charge in [0.25, 0.3) is 5.91 Å². The van der Waals surface area contributed by atoms with Crippen molar-refractivity contribution in [2.75, 3.05) is 5.32 Å². The lowest BCUT2D eigenvalue weighted by molar-refractivity contribution is 0.102. The van der Waals surface area contributed by atoms with E-state index in [1.807, 2.05) is 6.07 Å². The lowest BCUT2D eigenvalue weighted by Crippen LogP contribution is -2.16. The summed E-state index contributed by atoms with van der Waals surface area (Å²) in [5.41, 5.74) is 0.0909. The first kappa shape index (κ1) is 11.6. The third-order valence-electron chi connectivity index (χ3n) is 2.22. The van der Waals surface area contributed by atoms with Crippen LogP contribution in [0.15, 0.2) is 29.3 Å². The number of carbonyl (C=O) groups is 1. The van der Waals surface area contributed by atoms with Gasteiger partial charge in [0.1, 0.15) is 11.6 Å². The summed E-state index contributed by atoms with van der Waals surface area (Å²) in [5, 5.41) is 15.3. The fourth-order valence-corrected chi connectivity index (χ4v) is 1.43. The molecule has 0 spiro atoms. The van der Waals surface area contributed by atoms with Gasteiger partial charge in [0.05, 0.1) is 0 Å². The van der Waals surface area contributed by atoms with Gasteiger partial charge >= 0.3 is 0 Å². The van der Waals surface area contributed by atoms with E-state index in [2.05, 4.69) is 15.4 Å². The van der Waals surface area contributed by atoms with E-state index in [0.717, 1.165) is 0 Å². The topological polar surface area (TPSA) is 104 Å². The monoisotopic (exact) mass is 243 g/mol. The maximum absolute atomic E-state index is 11.8. The number of nitrogens with zero attached hydrogens (tertiary/aromatic N) is 3. The molecule has 0 aliphatic heterocycles. The zero-order valence-corrected chi connectivity index (χ0v) is 9.47. The van der Waals surface area contributed by atoms with Crippen molar-refractivity contribution in [3.05, 3.63) is 46.0 Å². The molecule has 0 aliphatic rings. The van der Waals surface area contributed by atoms with Crippen molar-refractivity contribution in [3.8, 4) is 6.07 Å². The van der Waals surface area contributed by atoms with E-state index in [1.54, 1.807) is 7.05 Å². The van der Waals surface area contributed by atoms with Crippen LogP contribution in [0.1, 0.15) is 15.9 Å². The van der Waals surface area contributed by atoms with Crippen LogP contribution in [0.2, 0.25) is 0 Å². The van der Waals surface area contributed by atoms with E-state index in [1.165, 1.54) is 29.2 Å². The van der Waals surface area contributed by atoms with Crippen LogP contribution < -0.4 is 10.9 Å². The molecule has 0 fully saturated rings. The SMILES string of the molecule is Cn1cc(C#N)c(NC(=O)c2cc[nH]c(=O)c2)n1. The number of nitrogens with one attached hydrogen (secondary N) is 2. The molecule has 0 aliphatic carbocycles. The van der Waals surface area contributed by atoms with Crippen LogP contribution in [0, 0.1) is 11.3 Å². The Labute approximate surface area is 102 Å². The zero-order valence-electron chi connectivity index (χ0n) is 9.47. The van der Waals surface area contributed by atoms with Gasteiger partial charge in [0.2, 0.25) is 5.56 Å². The Morgan fingerprint density at radius 1 is 1.61 bits per heavy atom. The largest absolute Gasteiger partial charge is 0.329 e. The first-order valence-electron chi connectivity index (χ1n) is 5.04. The van der Waals surface area contributed by atoms with E-state index in [0.29, 0.717) is 0 Å². The molecule has 0 unspecified atom stereocenters. The molecule has 0 saturated carbocycles. The number of aromatic amines is 1. The summed E-state index contributed by atoms with van der Waals surface area (Å²) in [6.45, 7) is 0. The summed E-state index contributed by atoms with van der Waals surface area (Å²) in [7, 11) is 1.64. The molecule has 0 atom stereocenters. The fraction of sp³-hybridized carbons (Fsp3) is 0.0909. The minimum absolute atomic E-state index is 0.172. The summed E-state index contributed by atoms with van der Waals surface area (Å²) < 4.78 is 1.42. The molecule has 0 saturated heterocycles. The van der Waals surface area contributed by atoms with Crippen LogP contribution >= 0.6 is 0 Å². The molecule has 2 N–H and O–H groups in total. The van der Waals surface area contributed by atoms with Crippen molar-refractivity contribution in [3.63, 3.8) is 0 Å². The maximum Gasteiger partial charge on any atom is 0.257 e. The smallest absolute Gasteiger partial charge is 0.257 e. The third-order valence-corrected chi connectivity index (χ3v) is 2.22. The Balaban J connectivity index is 2.27. The minimum Gasteiger partial charge on any atom is -0.329 e. The van der Waals surface area contributed by atoms with Gasteiger partial charge in [-0.2, -0.15) is 10.4 Å². The van der Waals surface area contributed by atoms with Crippen LogP contribution in [0.25, 0.3) is 0 Å². The van der Waals surface area contributed by atoms with Crippen molar-refractivity contribution in [1.29, 1.82) is 5.26 Å². The summed E-state index contributed by atoms with van der Waals surface area (Å²) in [5.74, 6) is -0.318. The van der Waals surface area contributed by atoms with Crippen LogP contribution in [0.3, 0.4) is 0 Å². The van der Waals surface area contributed by atoms with Crippen molar-refractivity contribution >= 4 is 11.7 Å². The third kappa shape index (κ3) is 2.27. The highest BCUT2D eigenvalue weighted by Crippen LogP contribution is 2.11. The van der Waals surface area contributed by atoms with Gasteiger partial charge in [-0.15, -0.1) is 0 Å². The number of pyridine rings is 1. The second-order valence-electron chi connectivity index (χ2n) is 3.57. The molecule has 7 nitrogen and oxygen atoms in total. The van der Waals surface area contributed by atoms with Crippen molar-refractivity contribution < 1.29 is 4.79 Å². The number of hydrogen-bond acceptors (Lipinski definition) is 4. The zero-order chi connectivity index (χ0) is 13.1. The Morgan fingerprint density at radius 2 is 2.39 bits per heavy atom. The molecule has 0 radical (unpaired) electrons. The molecule has 90 valence electrons. The highest BCUT2D eigenvalue weighted by atomic mass is 16.2. The van der Waals surface area contributed by atoms with Gasteiger partial charge < -0.3 is 10.3 Å². The van der Waals surface area contributed by atoms with Gasteiger partial charge in [-0.1, -0.05) is 0 Å². The van der Waals surface area contributed by atoms with Gasteiger partial charge in [0, 0.05) is 31.1 Å². The molecular formula is C11H9N5O2. The number of amides is 1. The maximum atomic E-state index is 11.8. The second-order valence-corrected chi connectivity index (χ2v) is 3.57. The van der Waals surface area contributed by atoms with Crippen LogP contribution in [0.5, 0.6) is 0 Å². The van der Waals surface area contributed by atoms with Crippen LogP contribution in [0.4, 0.5) is 5.82 Å². The van der Waals surface area contributed by atoms with E-state index < -0.39 is 5.91 Å². The summed E-state index contributed by atoms with van der Waals surface area (Å²) in [4.78, 5) is 25.3. The molecule has 0 aromatic carbocycles. The Kier molecular flexibility index (Phi) is 2.93. The summed E-state index contributed by atoms with van der Waals surface area (Å²) in [6.07, 6.45) is 2.87. The predicted molar refractivity (Wildman–Crippen MR) is 62.9 cm³/mol. The number of H-pyrrole nitrogens is 1. The molecule has 18 heavy (non-hydrogen) atoms. The van der Waals surface area contributed by atoms with Crippen molar-refractivity contribution in [1.82, 2.24) is 14.8 Å². The quantitative estimate of drug-likeness (QED) is 0.787. The molecule has 2 heterocycles. The summed E-state index contributed by atoms with van der Waals surface area (Å²) >= 11 is 0. The van der Waals surface area contributed by atoms with E-state index in [4.69, 9.17) is 5.26 Å². The number of aryl methyl sites for hydroxylation is 1. The Morgan fingerprint density at radius 3 is 3.06 bits per heavy atom. The molecule has 1 amide bonds. The molecular weight excluding hydrogens is 234 g/mol. The standard InChI is InChI=1S/C11H9N5O2/c1-16-6-8(5-12)10(15-16)14-11(18)7-2-3-13-9(17)4-7/h2-4,6H,1H3,(H,13,17)(H,14,15,18). The first-order chi connectivity index (χ1) is 8.60. The number of anilines is 1. The molecule has 2 aromatic heterocycles. The van der Waals surface area contributed by atoms with Gasteiger partial charge in [0.15, 0.2) is 5.82 Å². The van der Waals surface area contributed by atoms with E-state index in [9.17, 15) is 9.59 Å². The second kappa shape index (κ2) is 4.55. The summed E-state index contributed by atoms with van der Waals surface area (Å²) in [6, 6.07) is 4.55. The van der Waals surface area contributed by atoms with Crippen LogP contribution in [-0.2, 0) is 7.05 Å². The van der Waals surface area contributed by atoms with E-state index >= 15 is 0 Å². The van der Waals surface area contributed by atoms with Crippen molar-refractivity contribution in [2.45, 2.75) is 0 Å². The first-order valence-corrected chi connectivity index (χ1v) is 5.04. The predicted octanol–water partition coefficient (Wildman–Crippen LogP) is 0.232. The van der Waals surface area contributed by atoms with Crippen molar-refractivity contribution in [2.24, 2.45) is 7.05 Å². The Hall–Kier alpha value is -2.88. The molecule has 7 heteroatoms. The van der Waals surface area contributed by atoms with Gasteiger partial charge in [-0.05, 0) is 6.07 Å². The minimum atomic E-state index is -0.490. The number of nitriles is 1. The highest BCUT2D eigenvalue weighted by molar-refractivity contribution is 6.04. The van der Waals surface area contributed by atoms with Gasteiger partial charge in [-0.25, -0.2) is 0 Å². The Bertz CT molecular complexity index is 692. The fourth-order valence-electron chi connectivity index (χ4n) is 1.43. The van der Waals surface area contributed by atoms with Gasteiger partial charge in [-0.3, -0.25) is 14.3 Å². The average molecular weight is 243 g/mol. The molecule has 0 bridgehead atoms. The number of aromatic nitrogens is 3. The normalized spacial score (nSPS) is 9.78. The molecule has 2 aromatic rings. The number of hydrogen-bond donors (Lipinski definition) is 2. The van der Waals surface area contributed by atoms with E-state index in [-0.39, 0.29) is 22.5 Å². The average Bonchev–Trinajstić information content (AvgIpc) is 2.69. The highest BCUT2D eigenvalue weighted by Gasteiger charge is 2.12.